The third-order valence-electron chi connectivity index (χ3n) is 5.77. The molecule has 2 saturated carbocycles. The molecule has 2 N–H and O–H groups in total. The van der Waals surface area contributed by atoms with Gasteiger partial charge in [0.25, 0.3) is 5.91 Å². The van der Waals surface area contributed by atoms with Gasteiger partial charge in [-0.3, -0.25) is 14.3 Å². The van der Waals surface area contributed by atoms with Crippen LogP contribution in [0.25, 0.3) is 0 Å². The summed E-state index contributed by atoms with van der Waals surface area (Å²) >= 11 is 6.58. The minimum absolute atomic E-state index is 0.00625. The van der Waals surface area contributed by atoms with E-state index in [1.165, 1.54) is 26.4 Å². The molecule has 0 heterocycles. The second kappa shape index (κ2) is 10.0. The van der Waals surface area contributed by atoms with Gasteiger partial charge >= 0.3 is 5.97 Å². The highest BCUT2D eigenvalue weighted by atomic mass is 35.5. The van der Waals surface area contributed by atoms with Crippen LogP contribution >= 0.6 is 23.5 Å². The molecule has 0 aromatic heterocycles. The van der Waals surface area contributed by atoms with Gasteiger partial charge < -0.3 is 9.84 Å². The number of halogens is 2. The maximum absolute atomic E-state index is 13.1. The molecule has 1 amide bonds. The number of hydrogen-bond donors (Lipinski definition) is 2. The van der Waals surface area contributed by atoms with Crippen LogP contribution in [-0.4, -0.2) is 30.3 Å². The Morgan fingerprint density at radius 2 is 1.86 bits per heavy atom. The summed E-state index contributed by atoms with van der Waals surface area (Å²) in [6, 6.07) is 1.88. The van der Waals surface area contributed by atoms with Crippen molar-refractivity contribution in [2.45, 2.75) is 46.0 Å². The lowest BCUT2D eigenvalue weighted by Crippen LogP contribution is -2.41. The van der Waals surface area contributed by atoms with Gasteiger partial charge in [0.2, 0.25) is 0 Å². The molecule has 29 heavy (non-hydrogen) atoms. The second-order valence-corrected chi connectivity index (χ2v) is 9.44. The van der Waals surface area contributed by atoms with Crippen molar-refractivity contribution in [3.63, 3.8) is 0 Å². The van der Waals surface area contributed by atoms with Crippen LogP contribution < -0.4 is 4.72 Å². The van der Waals surface area contributed by atoms with E-state index in [2.05, 4.69) is 18.6 Å². The van der Waals surface area contributed by atoms with Gasteiger partial charge in [-0.05, 0) is 62.8 Å². The summed E-state index contributed by atoms with van der Waals surface area (Å²) in [6.07, 6.45) is 7.68. The van der Waals surface area contributed by atoms with Gasteiger partial charge in [0, 0.05) is 12.3 Å². The van der Waals surface area contributed by atoms with Crippen molar-refractivity contribution in [2.75, 3.05) is 13.4 Å². The van der Waals surface area contributed by atoms with Crippen LogP contribution in [0.5, 0.6) is 5.75 Å². The van der Waals surface area contributed by atoms with Crippen molar-refractivity contribution in [1.29, 1.82) is 0 Å². The van der Waals surface area contributed by atoms with Crippen LogP contribution in [-0.2, 0) is 9.53 Å². The number of nitrogens with one attached hydrogen (secondary N) is 1. The number of fused-ring (bicyclic) bond motifs is 2. The molecule has 2 aliphatic carbocycles. The Hall–Kier alpha value is -1.47. The molecular weight excluding hydrogens is 417 g/mol. The predicted molar refractivity (Wildman–Crippen MR) is 113 cm³/mol. The molecule has 8 heteroatoms. The van der Waals surface area contributed by atoms with E-state index in [1.807, 2.05) is 0 Å². The van der Waals surface area contributed by atoms with E-state index >= 15 is 0 Å². The number of rotatable bonds is 3. The number of carbonyl (C=O) groups is 2. The first kappa shape index (κ1) is 23.8. The van der Waals surface area contributed by atoms with Crippen LogP contribution in [0.4, 0.5) is 4.39 Å². The summed E-state index contributed by atoms with van der Waals surface area (Å²) < 4.78 is 20.4. The van der Waals surface area contributed by atoms with Gasteiger partial charge in [-0.15, -0.1) is 0 Å². The Balaban J connectivity index is 0.000000208. The van der Waals surface area contributed by atoms with Crippen molar-refractivity contribution < 1.29 is 23.8 Å². The molecule has 2 unspecified atom stereocenters. The second-order valence-electron chi connectivity index (χ2n) is 8.42. The third kappa shape index (κ3) is 6.01. The first-order chi connectivity index (χ1) is 13.6. The highest BCUT2D eigenvalue weighted by Crippen LogP contribution is 2.50. The molecule has 1 aromatic carbocycles. The Kier molecular flexibility index (Phi) is 8.23. The Morgan fingerprint density at radius 3 is 2.38 bits per heavy atom. The fourth-order valence-electron chi connectivity index (χ4n) is 4.86. The van der Waals surface area contributed by atoms with Crippen LogP contribution in [0.15, 0.2) is 12.1 Å². The highest BCUT2D eigenvalue weighted by molar-refractivity contribution is 7.97. The topological polar surface area (TPSA) is 75.6 Å². The number of phenols is 1. The SMILES string of the molecule is COC(=O)C1(C)CC2CC(C)CC(C2)C1.CSNC(=O)c1cc(Cl)c(O)cc1F. The zero-order chi connectivity index (χ0) is 21.8. The number of esters is 1. The number of benzene rings is 1. The highest BCUT2D eigenvalue weighted by Gasteiger charge is 2.45. The van der Waals surface area contributed by atoms with E-state index < -0.39 is 11.7 Å². The average molecular weight is 446 g/mol. The molecule has 5 nitrogen and oxygen atoms in total. The van der Waals surface area contributed by atoms with Gasteiger partial charge in [-0.2, -0.15) is 0 Å². The number of carbonyl (C=O) groups excluding carboxylic acids is 2. The summed E-state index contributed by atoms with van der Waals surface area (Å²) in [5.74, 6) is 0.608. The van der Waals surface area contributed by atoms with Crippen molar-refractivity contribution >= 4 is 35.4 Å². The third-order valence-corrected chi connectivity index (χ3v) is 6.46. The maximum Gasteiger partial charge on any atom is 0.311 e. The lowest BCUT2D eigenvalue weighted by atomic mass is 9.59. The van der Waals surface area contributed by atoms with Crippen molar-refractivity contribution in [1.82, 2.24) is 4.72 Å². The van der Waals surface area contributed by atoms with E-state index in [-0.39, 0.29) is 27.7 Å². The molecule has 2 aliphatic rings. The van der Waals surface area contributed by atoms with Gasteiger partial charge in [-0.1, -0.05) is 30.5 Å². The van der Waals surface area contributed by atoms with E-state index in [9.17, 15) is 14.0 Å². The largest absolute Gasteiger partial charge is 0.506 e. The molecule has 2 bridgehead atoms. The van der Waals surface area contributed by atoms with Gasteiger partial charge in [-0.25, -0.2) is 4.39 Å². The lowest BCUT2D eigenvalue weighted by Gasteiger charge is -2.45. The van der Waals surface area contributed by atoms with E-state index in [0.29, 0.717) is 0 Å². The van der Waals surface area contributed by atoms with Gasteiger partial charge in [0.15, 0.2) is 0 Å². The Bertz CT molecular complexity index is 742. The summed E-state index contributed by atoms with van der Waals surface area (Å²) in [5, 5.41) is 8.97. The summed E-state index contributed by atoms with van der Waals surface area (Å²) in [5.41, 5.74) is -0.384. The van der Waals surface area contributed by atoms with Crippen LogP contribution in [0.1, 0.15) is 56.3 Å². The fourth-order valence-corrected chi connectivity index (χ4v) is 5.32. The van der Waals surface area contributed by atoms with Crippen molar-refractivity contribution in [2.24, 2.45) is 23.2 Å². The molecule has 0 saturated heterocycles. The van der Waals surface area contributed by atoms with E-state index in [0.717, 1.165) is 54.7 Å². The lowest BCUT2D eigenvalue weighted by molar-refractivity contribution is -0.157. The quantitative estimate of drug-likeness (QED) is 0.493. The average Bonchev–Trinajstić information content (AvgIpc) is 2.63. The number of methoxy groups -OCH3 is 1. The minimum atomic E-state index is -0.807. The predicted octanol–water partition coefficient (Wildman–Crippen LogP) is 5.20. The number of aromatic hydroxyl groups is 1. The summed E-state index contributed by atoms with van der Waals surface area (Å²) in [6.45, 7) is 4.44. The number of amides is 1. The standard InChI is InChI=1S/C13H22O2.C8H7ClFNO2S/c1-9-4-10-6-11(5-9)8-13(2,7-10)12(14)15-3;1-14-11-8(13)4-2-5(9)7(12)3-6(4)10/h9-11H,4-8H2,1-3H3;2-3,12H,1H3,(H,11,13). The number of hydrogen-bond acceptors (Lipinski definition) is 5. The summed E-state index contributed by atoms with van der Waals surface area (Å²) in [7, 11) is 1.51. The minimum Gasteiger partial charge on any atom is -0.506 e. The zero-order valence-electron chi connectivity index (χ0n) is 17.3. The first-order valence-corrected chi connectivity index (χ1v) is 11.3. The van der Waals surface area contributed by atoms with Crippen molar-refractivity contribution in [3.05, 3.63) is 28.5 Å². The van der Waals surface area contributed by atoms with Crippen LogP contribution in [0.3, 0.4) is 0 Å². The monoisotopic (exact) mass is 445 g/mol. The molecule has 0 radical (unpaired) electrons. The number of ether oxygens (including phenoxy) is 1. The molecule has 2 fully saturated rings. The number of phenolic OH excluding ortho intramolecular Hbond substituents is 1. The Labute approximate surface area is 180 Å². The molecule has 0 aliphatic heterocycles. The molecule has 0 spiro atoms. The molecule has 162 valence electrons. The van der Waals surface area contributed by atoms with Crippen LogP contribution in [0.2, 0.25) is 5.02 Å². The normalized spacial score (nSPS) is 28.0. The summed E-state index contributed by atoms with van der Waals surface area (Å²) in [4.78, 5) is 23.0. The smallest absolute Gasteiger partial charge is 0.311 e. The van der Waals surface area contributed by atoms with E-state index in [1.54, 1.807) is 6.26 Å². The van der Waals surface area contributed by atoms with Crippen LogP contribution in [0, 0.1) is 29.0 Å². The molecular formula is C21H29ClFNO4S. The van der Waals surface area contributed by atoms with Crippen molar-refractivity contribution in [3.8, 4) is 5.75 Å². The maximum atomic E-state index is 13.1. The van der Waals surface area contributed by atoms with Gasteiger partial charge in [0.1, 0.15) is 11.6 Å². The van der Waals surface area contributed by atoms with E-state index in [4.69, 9.17) is 21.4 Å². The van der Waals surface area contributed by atoms with Gasteiger partial charge in [0.05, 0.1) is 23.1 Å². The fraction of sp³-hybridized carbons (Fsp3) is 0.619. The molecule has 2 atom stereocenters. The zero-order valence-corrected chi connectivity index (χ0v) is 18.8. The molecule has 1 aromatic rings. The molecule has 3 rings (SSSR count). The first-order valence-electron chi connectivity index (χ1n) is 9.69. The Morgan fingerprint density at radius 1 is 1.28 bits per heavy atom.